The van der Waals surface area contributed by atoms with Crippen LogP contribution in [0.4, 0.5) is 0 Å². The molecule has 0 heterocycles. The van der Waals surface area contributed by atoms with E-state index in [1.807, 2.05) is 0 Å². The molecule has 0 atom stereocenters. The molecule has 0 radical (unpaired) electrons. The summed E-state index contributed by atoms with van der Waals surface area (Å²) in [6.45, 7) is 0. The molecule has 13 aromatic carbocycles. The largest absolute Gasteiger partial charge is 0.0737 e. The first kappa shape index (κ1) is 36.7. The van der Waals surface area contributed by atoms with Crippen molar-refractivity contribution >= 4 is 64.6 Å². The van der Waals surface area contributed by atoms with E-state index in [2.05, 4.69) is 243 Å². The van der Waals surface area contributed by atoms with Crippen molar-refractivity contribution in [3.05, 3.63) is 265 Å². The van der Waals surface area contributed by atoms with Crippen molar-refractivity contribution in [1.82, 2.24) is 0 Å². The molecule has 0 N–H and O–H groups in total. The fraction of sp³-hybridized carbons (Fsp3) is 0.0149. The van der Waals surface area contributed by atoms with E-state index >= 15 is 0 Å². The molecular formula is C67H40. The van der Waals surface area contributed by atoms with E-state index in [9.17, 15) is 0 Å². The first-order chi connectivity index (χ1) is 33.3. The monoisotopic (exact) mass is 844 g/mol. The van der Waals surface area contributed by atoms with Crippen LogP contribution in [0.5, 0.6) is 0 Å². The quantitative estimate of drug-likeness (QED) is 0.123. The van der Waals surface area contributed by atoms with Crippen molar-refractivity contribution in [1.29, 1.82) is 0 Å². The van der Waals surface area contributed by atoms with Crippen molar-refractivity contribution < 1.29 is 0 Å². The number of hydrogen-bond acceptors (Lipinski definition) is 0. The summed E-state index contributed by atoms with van der Waals surface area (Å²) in [7, 11) is 0. The normalized spacial score (nSPS) is 13.2. The lowest BCUT2D eigenvalue weighted by Gasteiger charge is -2.33. The van der Waals surface area contributed by atoms with E-state index < -0.39 is 5.41 Å². The highest BCUT2D eigenvalue weighted by Gasteiger charge is 2.54. The molecule has 0 aliphatic heterocycles. The van der Waals surface area contributed by atoms with Crippen LogP contribution in [0, 0.1) is 0 Å². The van der Waals surface area contributed by atoms with Gasteiger partial charge in [0.25, 0.3) is 0 Å². The maximum Gasteiger partial charge on any atom is 0.0737 e. The predicted molar refractivity (Wildman–Crippen MR) is 284 cm³/mol. The molecule has 0 unspecified atom stereocenters. The van der Waals surface area contributed by atoms with Crippen LogP contribution in [-0.2, 0) is 5.41 Å². The summed E-state index contributed by atoms with van der Waals surface area (Å²) in [5.41, 5.74) is 17.8. The Labute approximate surface area is 388 Å². The van der Waals surface area contributed by atoms with Crippen LogP contribution in [0.25, 0.3) is 120 Å². The Morgan fingerprint density at radius 1 is 0.209 bits per heavy atom. The molecule has 0 nitrogen and oxygen atoms in total. The maximum absolute atomic E-state index is 2.55. The minimum atomic E-state index is -0.510. The fourth-order valence-corrected chi connectivity index (χ4v) is 12.9. The van der Waals surface area contributed by atoms with E-state index in [4.69, 9.17) is 0 Å². The lowest BCUT2D eigenvalue weighted by atomic mass is 9.68. The van der Waals surface area contributed by atoms with Crippen LogP contribution >= 0.6 is 0 Å². The SMILES string of the molecule is c1ccc2c(c1)-c1ccccc1C21c2c(cc(-c3ccc(-c4c5ccccc5c(-c5cccc6ccccc56)c5ccccc45)cc3)c3ccccc23)-c2c1c1ccccc1c1ccccc21. The molecule has 15 rings (SSSR count). The Bertz CT molecular complexity index is 4150. The Morgan fingerprint density at radius 3 is 1.22 bits per heavy atom. The van der Waals surface area contributed by atoms with Gasteiger partial charge in [-0.1, -0.05) is 237 Å². The van der Waals surface area contributed by atoms with E-state index in [-0.39, 0.29) is 0 Å². The summed E-state index contributed by atoms with van der Waals surface area (Å²) in [6.07, 6.45) is 0. The highest BCUT2D eigenvalue weighted by molar-refractivity contribution is 6.25. The average Bonchev–Trinajstić information content (AvgIpc) is 3.88. The van der Waals surface area contributed by atoms with Gasteiger partial charge in [-0.15, -0.1) is 0 Å². The van der Waals surface area contributed by atoms with Gasteiger partial charge in [-0.05, 0) is 149 Å². The molecule has 2 aliphatic carbocycles. The van der Waals surface area contributed by atoms with Crippen LogP contribution in [0.2, 0.25) is 0 Å². The van der Waals surface area contributed by atoms with E-state index in [0.29, 0.717) is 0 Å². The molecule has 0 saturated carbocycles. The summed E-state index contributed by atoms with van der Waals surface area (Å²) >= 11 is 0. The van der Waals surface area contributed by atoms with Crippen LogP contribution in [0.1, 0.15) is 22.3 Å². The van der Waals surface area contributed by atoms with Gasteiger partial charge in [-0.25, -0.2) is 0 Å². The fourth-order valence-electron chi connectivity index (χ4n) is 12.9. The van der Waals surface area contributed by atoms with Crippen molar-refractivity contribution in [2.75, 3.05) is 0 Å². The molecule has 0 amide bonds. The number of fused-ring (bicyclic) bond motifs is 20. The van der Waals surface area contributed by atoms with Gasteiger partial charge in [0.2, 0.25) is 0 Å². The molecule has 1 spiro atoms. The summed E-state index contributed by atoms with van der Waals surface area (Å²) in [6, 6.07) is 91.4. The first-order valence-electron chi connectivity index (χ1n) is 23.5. The third-order valence-corrected chi connectivity index (χ3v) is 15.4. The number of rotatable bonds is 3. The molecule has 0 aromatic heterocycles. The molecule has 0 fully saturated rings. The lowest BCUT2D eigenvalue weighted by molar-refractivity contribution is 0.809. The van der Waals surface area contributed by atoms with Crippen LogP contribution in [-0.4, -0.2) is 0 Å². The van der Waals surface area contributed by atoms with Gasteiger partial charge in [0.1, 0.15) is 0 Å². The highest BCUT2D eigenvalue weighted by Crippen LogP contribution is 2.67. The topological polar surface area (TPSA) is 0 Å². The van der Waals surface area contributed by atoms with E-state index in [0.717, 1.165) is 0 Å². The van der Waals surface area contributed by atoms with Gasteiger partial charge < -0.3 is 0 Å². The van der Waals surface area contributed by atoms with Crippen LogP contribution in [0.15, 0.2) is 243 Å². The molecule has 13 aromatic rings. The molecule has 0 saturated heterocycles. The third-order valence-electron chi connectivity index (χ3n) is 15.4. The zero-order valence-corrected chi connectivity index (χ0v) is 36.6. The first-order valence-corrected chi connectivity index (χ1v) is 23.5. The van der Waals surface area contributed by atoms with Gasteiger partial charge in [0.15, 0.2) is 0 Å². The van der Waals surface area contributed by atoms with Gasteiger partial charge in [-0.3, -0.25) is 0 Å². The molecule has 67 heavy (non-hydrogen) atoms. The minimum Gasteiger partial charge on any atom is -0.0619 e. The summed E-state index contributed by atoms with van der Waals surface area (Å²) in [5, 5.41) is 15.4. The second-order valence-electron chi connectivity index (χ2n) is 18.5. The molecular weight excluding hydrogens is 805 g/mol. The van der Waals surface area contributed by atoms with Crippen molar-refractivity contribution in [2.24, 2.45) is 0 Å². The molecule has 2 aliphatic rings. The molecule has 0 bridgehead atoms. The molecule has 308 valence electrons. The van der Waals surface area contributed by atoms with E-state index in [1.54, 1.807) is 0 Å². The van der Waals surface area contributed by atoms with Crippen molar-refractivity contribution in [3.8, 4) is 55.6 Å². The van der Waals surface area contributed by atoms with E-state index in [1.165, 1.54) is 143 Å². The zero-order valence-electron chi connectivity index (χ0n) is 36.6. The van der Waals surface area contributed by atoms with Crippen LogP contribution < -0.4 is 0 Å². The minimum absolute atomic E-state index is 0.510. The van der Waals surface area contributed by atoms with Crippen LogP contribution in [0.3, 0.4) is 0 Å². The number of hydrogen-bond donors (Lipinski definition) is 0. The predicted octanol–water partition coefficient (Wildman–Crippen LogP) is 18.0. The van der Waals surface area contributed by atoms with Crippen molar-refractivity contribution in [2.45, 2.75) is 5.41 Å². The second-order valence-corrected chi connectivity index (χ2v) is 18.5. The third kappa shape index (κ3) is 4.81. The molecule has 0 heteroatoms. The summed E-state index contributed by atoms with van der Waals surface area (Å²) in [4.78, 5) is 0. The Balaban J connectivity index is 1.00. The van der Waals surface area contributed by atoms with Gasteiger partial charge in [0, 0.05) is 0 Å². The Kier molecular flexibility index (Phi) is 7.52. The van der Waals surface area contributed by atoms with Gasteiger partial charge >= 0.3 is 0 Å². The summed E-state index contributed by atoms with van der Waals surface area (Å²) < 4.78 is 0. The number of benzene rings is 13. The summed E-state index contributed by atoms with van der Waals surface area (Å²) in [5.74, 6) is 0. The second kappa shape index (κ2) is 13.7. The standard InChI is InChI=1S/C67H40/c1-2-20-44-41(18-1)19-17-33-50(44)63-54-29-9-7-27-52(54)62(53-28-8-10-30-55(53)63)43-38-36-42(37-39-43)58-40-59-64-51-26-6-3-21-45(51)46-22-4-12-32-57(46)66(64)67(65(59)56-31-11-5-23-47(56)58)60-34-15-13-24-48(60)49-25-14-16-35-61(49)67/h1-40H. The zero-order chi connectivity index (χ0) is 43.8. The average molecular weight is 845 g/mol. The van der Waals surface area contributed by atoms with Gasteiger partial charge in [-0.2, -0.15) is 0 Å². The maximum atomic E-state index is 2.55. The van der Waals surface area contributed by atoms with Crippen molar-refractivity contribution in [3.63, 3.8) is 0 Å². The highest BCUT2D eigenvalue weighted by atomic mass is 14.5. The van der Waals surface area contributed by atoms with Gasteiger partial charge in [0.05, 0.1) is 5.41 Å². The Hall–Kier alpha value is -8.58. The Morgan fingerprint density at radius 2 is 0.612 bits per heavy atom. The lowest BCUT2D eigenvalue weighted by Crippen LogP contribution is -2.26. The smallest absolute Gasteiger partial charge is 0.0619 e.